The highest BCUT2D eigenvalue weighted by Crippen LogP contribution is 2.02. The van der Waals surface area contributed by atoms with Crippen LogP contribution >= 0.6 is 0 Å². The van der Waals surface area contributed by atoms with E-state index in [4.69, 9.17) is 9.15 Å². The topological polar surface area (TPSA) is 122 Å². The molecule has 0 aliphatic heterocycles. The first-order valence-electron chi connectivity index (χ1n) is 8.55. The molecule has 0 aliphatic carbocycles. The molecular weight excluding hydrogens is 338 g/mol. The molecule has 3 N–H and O–H groups in total. The Morgan fingerprint density at radius 3 is 2.88 bits per heavy atom. The Bertz CT molecular complexity index is 683. The van der Waals surface area contributed by atoms with Gasteiger partial charge in [0.05, 0.1) is 12.5 Å². The van der Waals surface area contributed by atoms with E-state index < -0.39 is 0 Å². The average Bonchev–Trinajstić information content (AvgIpc) is 3.24. The van der Waals surface area contributed by atoms with Crippen molar-refractivity contribution in [2.24, 2.45) is 0 Å². The van der Waals surface area contributed by atoms with Gasteiger partial charge in [0.1, 0.15) is 19.0 Å². The number of hydrogen-bond acceptors (Lipinski definition) is 6. The van der Waals surface area contributed by atoms with Gasteiger partial charge in [0, 0.05) is 30.9 Å². The predicted octanol–water partition coefficient (Wildman–Crippen LogP) is 0.867. The molecule has 9 nitrogen and oxygen atoms in total. The maximum Gasteiger partial charge on any atom is 0.246 e. The van der Waals surface area contributed by atoms with E-state index in [1.165, 1.54) is 0 Å². The molecule has 0 saturated carbocycles. The van der Waals surface area contributed by atoms with Crippen LogP contribution in [0.4, 0.5) is 0 Å². The normalized spacial score (nSPS) is 11.9. The number of nitrogens with one attached hydrogen (secondary N) is 3. The van der Waals surface area contributed by atoms with Crippen molar-refractivity contribution in [1.82, 2.24) is 25.6 Å². The number of aryl methyl sites for hydroxylation is 2. The molecule has 0 saturated heterocycles. The van der Waals surface area contributed by atoms with E-state index in [1.807, 2.05) is 6.92 Å². The highest BCUT2D eigenvalue weighted by molar-refractivity contribution is 5.77. The molecule has 0 spiro atoms. The first kappa shape index (κ1) is 19.6. The summed E-state index contributed by atoms with van der Waals surface area (Å²) in [7, 11) is 0. The second-order valence-electron chi connectivity index (χ2n) is 6.04. The van der Waals surface area contributed by atoms with E-state index >= 15 is 0 Å². The van der Waals surface area contributed by atoms with Gasteiger partial charge in [0.15, 0.2) is 0 Å². The van der Waals surface area contributed by atoms with Crippen molar-refractivity contribution in [2.75, 3.05) is 13.2 Å². The van der Waals surface area contributed by atoms with E-state index in [9.17, 15) is 9.59 Å². The number of carbonyl (C=O) groups is 2. The summed E-state index contributed by atoms with van der Waals surface area (Å²) in [6, 6.07) is -0.0271. The Morgan fingerprint density at radius 1 is 1.35 bits per heavy atom. The minimum absolute atomic E-state index is 0.0250. The zero-order valence-corrected chi connectivity index (χ0v) is 15.1. The van der Waals surface area contributed by atoms with Crippen LogP contribution in [0.25, 0.3) is 0 Å². The monoisotopic (exact) mass is 363 g/mol. The molecule has 2 aromatic heterocycles. The molecule has 0 unspecified atom stereocenters. The number of ether oxygens (including phenoxy) is 1. The third-order valence-electron chi connectivity index (χ3n) is 3.61. The van der Waals surface area contributed by atoms with Crippen LogP contribution in [0.3, 0.4) is 0 Å². The molecule has 0 aromatic carbocycles. The second-order valence-corrected chi connectivity index (χ2v) is 6.04. The van der Waals surface area contributed by atoms with Crippen molar-refractivity contribution in [2.45, 2.75) is 45.8 Å². The van der Waals surface area contributed by atoms with Crippen LogP contribution in [-0.4, -0.2) is 46.0 Å². The maximum atomic E-state index is 11.9. The summed E-state index contributed by atoms with van der Waals surface area (Å²) in [6.45, 7) is 4.25. The highest BCUT2D eigenvalue weighted by Gasteiger charge is 2.09. The fourth-order valence-electron chi connectivity index (χ4n) is 2.27. The third-order valence-corrected chi connectivity index (χ3v) is 3.61. The summed E-state index contributed by atoms with van der Waals surface area (Å²) in [5, 5.41) is 5.66. The van der Waals surface area contributed by atoms with Crippen LogP contribution < -0.4 is 10.6 Å². The Balaban J connectivity index is 1.50. The zero-order chi connectivity index (χ0) is 18.8. The van der Waals surface area contributed by atoms with E-state index in [2.05, 4.69) is 25.6 Å². The molecule has 2 amide bonds. The molecule has 142 valence electrons. The summed E-state index contributed by atoms with van der Waals surface area (Å²) in [5.74, 6) is 0.907. The van der Waals surface area contributed by atoms with Crippen molar-refractivity contribution < 1.29 is 18.7 Å². The minimum Gasteiger partial charge on any atom is -0.443 e. The first-order chi connectivity index (χ1) is 12.5. The van der Waals surface area contributed by atoms with Gasteiger partial charge in [-0.3, -0.25) is 9.59 Å². The lowest BCUT2D eigenvalue weighted by atomic mass is 10.2. The van der Waals surface area contributed by atoms with Crippen LogP contribution in [-0.2, 0) is 27.4 Å². The number of carbonyl (C=O) groups excluding carboxylic acids is 2. The van der Waals surface area contributed by atoms with Gasteiger partial charge in [-0.2, -0.15) is 0 Å². The van der Waals surface area contributed by atoms with Gasteiger partial charge in [0.2, 0.25) is 17.7 Å². The first-order valence-corrected chi connectivity index (χ1v) is 8.55. The van der Waals surface area contributed by atoms with Crippen LogP contribution in [0.5, 0.6) is 0 Å². The Morgan fingerprint density at radius 2 is 2.19 bits per heavy atom. The van der Waals surface area contributed by atoms with E-state index in [-0.39, 0.29) is 31.1 Å². The summed E-state index contributed by atoms with van der Waals surface area (Å²) >= 11 is 0. The largest absolute Gasteiger partial charge is 0.443 e. The van der Waals surface area contributed by atoms with Crippen molar-refractivity contribution in [3.8, 4) is 0 Å². The molecule has 2 rings (SSSR count). The van der Waals surface area contributed by atoms with E-state index in [1.54, 1.807) is 25.6 Å². The third kappa shape index (κ3) is 7.47. The molecule has 0 radical (unpaired) electrons. The number of nitrogens with zero attached hydrogens (tertiary/aromatic N) is 2. The maximum absolute atomic E-state index is 11.9. The molecule has 26 heavy (non-hydrogen) atoms. The van der Waals surface area contributed by atoms with Crippen molar-refractivity contribution >= 4 is 11.8 Å². The van der Waals surface area contributed by atoms with Crippen LogP contribution in [0.2, 0.25) is 0 Å². The van der Waals surface area contributed by atoms with E-state index in [0.717, 1.165) is 5.69 Å². The zero-order valence-electron chi connectivity index (χ0n) is 15.1. The van der Waals surface area contributed by atoms with Crippen LogP contribution in [0, 0.1) is 6.92 Å². The predicted molar refractivity (Wildman–Crippen MR) is 93.0 cm³/mol. The van der Waals surface area contributed by atoms with Gasteiger partial charge in [-0.15, -0.1) is 0 Å². The molecular formula is C17H25N5O4. The quantitative estimate of drug-likeness (QED) is 0.544. The van der Waals surface area contributed by atoms with Gasteiger partial charge in [-0.1, -0.05) is 0 Å². The van der Waals surface area contributed by atoms with Gasteiger partial charge >= 0.3 is 0 Å². The fraction of sp³-hybridized carbons (Fsp3) is 0.529. The van der Waals surface area contributed by atoms with Crippen molar-refractivity contribution in [1.29, 1.82) is 0 Å². The SMILES string of the molecule is Cc1cnc(COCC(=O)NCC[C@H](C)NC(=O)CCc2cnc[nH]2)o1. The van der Waals surface area contributed by atoms with Crippen LogP contribution in [0.1, 0.15) is 37.1 Å². The molecule has 0 aliphatic rings. The lowest BCUT2D eigenvalue weighted by molar-refractivity contribution is -0.126. The number of oxazole rings is 1. The highest BCUT2D eigenvalue weighted by atomic mass is 16.5. The number of aromatic amines is 1. The molecule has 0 fully saturated rings. The molecule has 2 heterocycles. The van der Waals surface area contributed by atoms with Gasteiger partial charge in [-0.05, 0) is 26.7 Å². The lowest BCUT2D eigenvalue weighted by Crippen LogP contribution is -2.37. The molecule has 2 aromatic rings. The van der Waals surface area contributed by atoms with Crippen LogP contribution in [0.15, 0.2) is 23.1 Å². The number of aromatic nitrogens is 3. The molecule has 0 bridgehead atoms. The fourth-order valence-corrected chi connectivity index (χ4v) is 2.27. The van der Waals surface area contributed by atoms with Gasteiger partial charge in [-0.25, -0.2) is 9.97 Å². The lowest BCUT2D eigenvalue weighted by Gasteiger charge is -2.14. The summed E-state index contributed by atoms with van der Waals surface area (Å²) in [6.07, 6.45) is 6.56. The molecule has 9 heteroatoms. The molecule has 1 atom stereocenters. The Labute approximate surface area is 151 Å². The average molecular weight is 363 g/mol. The Kier molecular flexibility index (Phi) is 7.81. The number of rotatable bonds is 11. The number of H-pyrrole nitrogens is 1. The second kappa shape index (κ2) is 10.3. The standard InChI is InChI=1S/C17H25N5O4/c1-12(22-15(23)4-3-14-8-18-11-21-14)5-6-19-16(24)9-25-10-17-20-7-13(2)26-17/h7-8,11-12H,3-6,9-10H2,1-2H3,(H,18,21)(H,19,24)(H,22,23)/t12-/m0/s1. The number of imidazole rings is 1. The van der Waals surface area contributed by atoms with Crippen molar-refractivity contribution in [3.63, 3.8) is 0 Å². The minimum atomic E-state index is -0.217. The smallest absolute Gasteiger partial charge is 0.246 e. The Hall–Kier alpha value is -2.68. The van der Waals surface area contributed by atoms with Crippen molar-refractivity contribution in [3.05, 3.63) is 36.1 Å². The summed E-state index contributed by atoms with van der Waals surface area (Å²) in [5.41, 5.74) is 0.931. The summed E-state index contributed by atoms with van der Waals surface area (Å²) < 4.78 is 10.5. The number of amides is 2. The number of hydrogen-bond donors (Lipinski definition) is 3. The summed E-state index contributed by atoms with van der Waals surface area (Å²) in [4.78, 5) is 34.4. The van der Waals surface area contributed by atoms with Gasteiger partial charge < -0.3 is 24.8 Å². The van der Waals surface area contributed by atoms with Gasteiger partial charge in [0.25, 0.3) is 0 Å². The van der Waals surface area contributed by atoms with E-state index in [0.29, 0.717) is 37.5 Å².